The normalized spacial score (nSPS) is 10.6. The molecular formula is C16H17FN2O. The monoisotopic (exact) mass is 272 g/mol. The second-order valence-electron chi connectivity index (χ2n) is 4.88. The standard InChI is InChI=1S/C16H17FN2O/c1-10(2)11-3-6-13(7-4-11)20-15-8-5-12(16(18)19)9-14(15)17/h3-10H,1-2H3,(H3,18,19). The number of nitrogen functional groups attached to an aromatic ring is 1. The van der Waals surface area contributed by atoms with Gasteiger partial charge in [-0.15, -0.1) is 0 Å². The molecule has 0 amide bonds. The van der Waals surface area contributed by atoms with Gasteiger partial charge in [-0.05, 0) is 41.8 Å². The summed E-state index contributed by atoms with van der Waals surface area (Å²) < 4.78 is 19.3. The van der Waals surface area contributed by atoms with Crippen molar-refractivity contribution in [2.75, 3.05) is 0 Å². The Hall–Kier alpha value is -2.36. The fraction of sp³-hybridized carbons (Fsp3) is 0.188. The lowest BCUT2D eigenvalue weighted by Crippen LogP contribution is -2.11. The number of halogens is 1. The molecule has 2 rings (SSSR count). The topological polar surface area (TPSA) is 59.1 Å². The summed E-state index contributed by atoms with van der Waals surface area (Å²) in [6.07, 6.45) is 0. The minimum atomic E-state index is -0.536. The van der Waals surface area contributed by atoms with E-state index in [2.05, 4.69) is 13.8 Å². The molecule has 0 aromatic heterocycles. The highest BCUT2D eigenvalue weighted by atomic mass is 19.1. The minimum Gasteiger partial charge on any atom is -0.454 e. The maximum absolute atomic E-state index is 13.8. The molecule has 3 nitrogen and oxygen atoms in total. The van der Waals surface area contributed by atoms with Gasteiger partial charge in [-0.25, -0.2) is 4.39 Å². The Balaban J connectivity index is 2.19. The number of hydrogen-bond acceptors (Lipinski definition) is 2. The van der Waals surface area contributed by atoms with Gasteiger partial charge in [-0.3, -0.25) is 5.41 Å². The molecule has 0 fully saturated rings. The Morgan fingerprint density at radius 3 is 2.30 bits per heavy atom. The molecule has 4 heteroatoms. The van der Waals surface area contributed by atoms with Crippen LogP contribution in [0.3, 0.4) is 0 Å². The number of nitrogens with one attached hydrogen (secondary N) is 1. The Kier molecular flexibility index (Phi) is 4.03. The van der Waals surface area contributed by atoms with Crippen LogP contribution in [0.4, 0.5) is 4.39 Å². The zero-order valence-electron chi connectivity index (χ0n) is 11.5. The van der Waals surface area contributed by atoms with Gasteiger partial charge < -0.3 is 10.5 Å². The van der Waals surface area contributed by atoms with Crippen LogP contribution >= 0.6 is 0 Å². The van der Waals surface area contributed by atoms with Gasteiger partial charge in [0.1, 0.15) is 11.6 Å². The third-order valence-electron chi connectivity index (χ3n) is 3.02. The molecule has 0 radical (unpaired) electrons. The number of rotatable bonds is 4. The molecule has 0 aliphatic heterocycles. The quantitative estimate of drug-likeness (QED) is 0.652. The molecule has 2 aromatic rings. The zero-order valence-corrected chi connectivity index (χ0v) is 11.5. The molecule has 0 unspecified atom stereocenters. The van der Waals surface area contributed by atoms with E-state index < -0.39 is 5.82 Å². The Labute approximate surface area is 117 Å². The summed E-state index contributed by atoms with van der Waals surface area (Å²) >= 11 is 0. The Bertz CT molecular complexity index is 621. The summed E-state index contributed by atoms with van der Waals surface area (Å²) in [5.41, 5.74) is 6.84. The molecule has 20 heavy (non-hydrogen) atoms. The molecule has 3 N–H and O–H groups in total. The molecular weight excluding hydrogens is 255 g/mol. The van der Waals surface area contributed by atoms with Crippen molar-refractivity contribution in [3.05, 3.63) is 59.4 Å². The first kappa shape index (κ1) is 14.1. The molecule has 2 aromatic carbocycles. The second-order valence-corrected chi connectivity index (χ2v) is 4.88. The van der Waals surface area contributed by atoms with E-state index in [-0.39, 0.29) is 11.6 Å². The van der Waals surface area contributed by atoms with E-state index in [9.17, 15) is 4.39 Å². The van der Waals surface area contributed by atoms with Gasteiger partial charge in [0.05, 0.1) is 0 Å². The fourth-order valence-electron chi connectivity index (χ4n) is 1.80. The van der Waals surface area contributed by atoms with E-state index in [4.69, 9.17) is 15.9 Å². The lowest BCUT2D eigenvalue weighted by molar-refractivity contribution is 0.442. The third kappa shape index (κ3) is 3.15. The van der Waals surface area contributed by atoms with Crippen molar-refractivity contribution in [3.8, 4) is 11.5 Å². The van der Waals surface area contributed by atoms with Gasteiger partial charge >= 0.3 is 0 Å². The maximum atomic E-state index is 13.8. The molecule has 0 saturated heterocycles. The van der Waals surface area contributed by atoms with E-state index in [1.54, 1.807) is 6.07 Å². The van der Waals surface area contributed by atoms with Gasteiger partial charge in [-0.1, -0.05) is 26.0 Å². The van der Waals surface area contributed by atoms with Crippen LogP contribution in [0, 0.1) is 11.2 Å². The molecule has 0 aliphatic carbocycles. The van der Waals surface area contributed by atoms with Crippen molar-refractivity contribution >= 4 is 5.84 Å². The average Bonchev–Trinajstić information content (AvgIpc) is 2.41. The fourth-order valence-corrected chi connectivity index (χ4v) is 1.80. The molecule has 0 spiro atoms. The van der Waals surface area contributed by atoms with Crippen molar-refractivity contribution in [2.24, 2.45) is 5.73 Å². The first-order valence-corrected chi connectivity index (χ1v) is 6.39. The van der Waals surface area contributed by atoms with Crippen molar-refractivity contribution in [1.29, 1.82) is 5.41 Å². The minimum absolute atomic E-state index is 0.118. The van der Waals surface area contributed by atoms with Crippen LogP contribution in [0.2, 0.25) is 0 Å². The summed E-state index contributed by atoms with van der Waals surface area (Å²) in [6, 6.07) is 11.8. The van der Waals surface area contributed by atoms with Crippen molar-refractivity contribution in [2.45, 2.75) is 19.8 Å². The second kappa shape index (κ2) is 5.74. The van der Waals surface area contributed by atoms with E-state index in [1.807, 2.05) is 24.3 Å². The highest BCUT2D eigenvalue weighted by molar-refractivity contribution is 5.95. The number of hydrogen-bond donors (Lipinski definition) is 2. The molecule has 0 bridgehead atoms. The summed E-state index contributed by atoms with van der Waals surface area (Å²) in [5, 5.41) is 7.26. The van der Waals surface area contributed by atoms with Crippen LogP contribution in [-0.2, 0) is 0 Å². The average molecular weight is 272 g/mol. The Morgan fingerprint density at radius 2 is 1.80 bits per heavy atom. The van der Waals surface area contributed by atoms with Crippen LogP contribution in [0.5, 0.6) is 11.5 Å². The highest BCUT2D eigenvalue weighted by Gasteiger charge is 2.08. The molecule has 0 saturated carbocycles. The van der Waals surface area contributed by atoms with Crippen LogP contribution in [-0.4, -0.2) is 5.84 Å². The summed E-state index contributed by atoms with van der Waals surface area (Å²) in [4.78, 5) is 0. The van der Waals surface area contributed by atoms with Crippen molar-refractivity contribution in [1.82, 2.24) is 0 Å². The lowest BCUT2D eigenvalue weighted by atomic mass is 10.0. The van der Waals surface area contributed by atoms with Gasteiger partial charge in [-0.2, -0.15) is 0 Å². The van der Waals surface area contributed by atoms with E-state index in [0.29, 0.717) is 17.2 Å². The molecule has 0 aliphatic rings. The van der Waals surface area contributed by atoms with Gasteiger partial charge in [0.2, 0.25) is 0 Å². The van der Waals surface area contributed by atoms with Crippen LogP contribution in [0.1, 0.15) is 30.9 Å². The number of amidine groups is 1. The zero-order chi connectivity index (χ0) is 14.7. The summed E-state index contributed by atoms with van der Waals surface area (Å²) in [7, 11) is 0. The Morgan fingerprint density at radius 1 is 1.15 bits per heavy atom. The molecule has 104 valence electrons. The van der Waals surface area contributed by atoms with E-state index in [1.165, 1.54) is 17.7 Å². The number of ether oxygens (including phenoxy) is 1. The van der Waals surface area contributed by atoms with E-state index >= 15 is 0 Å². The van der Waals surface area contributed by atoms with Crippen molar-refractivity contribution in [3.63, 3.8) is 0 Å². The predicted octanol–water partition coefficient (Wildman–Crippen LogP) is 4.03. The highest BCUT2D eigenvalue weighted by Crippen LogP contribution is 2.26. The SMILES string of the molecule is CC(C)c1ccc(Oc2ccc(C(=N)N)cc2F)cc1. The first-order chi connectivity index (χ1) is 9.47. The number of nitrogens with two attached hydrogens (primary N) is 1. The van der Waals surface area contributed by atoms with Crippen LogP contribution in [0.15, 0.2) is 42.5 Å². The van der Waals surface area contributed by atoms with Crippen LogP contribution < -0.4 is 10.5 Å². The first-order valence-electron chi connectivity index (χ1n) is 6.39. The molecule has 0 heterocycles. The number of benzene rings is 2. The van der Waals surface area contributed by atoms with E-state index in [0.717, 1.165) is 0 Å². The largest absolute Gasteiger partial charge is 0.454 e. The summed E-state index contributed by atoms with van der Waals surface area (Å²) in [6.45, 7) is 4.21. The molecule has 0 atom stereocenters. The third-order valence-corrected chi connectivity index (χ3v) is 3.02. The predicted molar refractivity (Wildman–Crippen MR) is 78.0 cm³/mol. The maximum Gasteiger partial charge on any atom is 0.166 e. The van der Waals surface area contributed by atoms with Gasteiger partial charge in [0, 0.05) is 5.56 Å². The van der Waals surface area contributed by atoms with Crippen LogP contribution in [0.25, 0.3) is 0 Å². The van der Waals surface area contributed by atoms with Gasteiger partial charge in [0.15, 0.2) is 11.6 Å². The van der Waals surface area contributed by atoms with Crippen molar-refractivity contribution < 1.29 is 9.13 Å². The lowest BCUT2D eigenvalue weighted by Gasteiger charge is -2.10. The summed E-state index contributed by atoms with van der Waals surface area (Å²) in [5.74, 6) is 0.425. The smallest absolute Gasteiger partial charge is 0.166 e. The van der Waals surface area contributed by atoms with Gasteiger partial charge in [0.25, 0.3) is 0 Å².